The summed E-state index contributed by atoms with van der Waals surface area (Å²) in [4.78, 5) is 4.23. The van der Waals surface area contributed by atoms with Gasteiger partial charge in [-0.05, 0) is 31.5 Å². The molecule has 2 heterocycles. The first-order chi connectivity index (χ1) is 10.9. The first-order valence-electron chi connectivity index (χ1n) is 7.35. The first-order valence-corrected chi connectivity index (χ1v) is 8.17. The SMILES string of the molecule is C[C@@H](CO[C@@H]1CCOC1)Nc1nc2cc(C(F)(F)F)ccc2s1. The normalized spacial score (nSPS) is 20.1. The Balaban J connectivity index is 1.63. The minimum atomic E-state index is -4.35. The van der Waals surface area contributed by atoms with Gasteiger partial charge in [0.1, 0.15) is 0 Å². The third-order valence-corrected chi connectivity index (χ3v) is 4.52. The van der Waals surface area contributed by atoms with Crippen LogP contribution in [0.5, 0.6) is 0 Å². The van der Waals surface area contributed by atoms with Gasteiger partial charge in [-0.25, -0.2) is 4.98 Å². The summed E-state index contributed by atoms with van der Waals surface area (Å²) in [5, 5.41) is 3.77. The van der Waals surface area contributed by atoms with Crippen LogP contribution in [0.15, 0.2) is 18.2 Å². The largest absolute Gasteiger partial charge is 0.416 e. The van der Waals surface area contributed by atoms with Crippen molar-refractivity contribution in [3.05, 3.63) is 23.8 Å². The number of nitrogens with one attached hydrogen (secondary N) is 1. The molecule has 1 aromatic heterocycles. The van der Waals surface area contributed by atoms with Crippen LogP contribution in [0.3, 0.4) is 0 Å². The van der Waals surface area contributed by atoms with Crippen LogP contribution in [0.1, 0.15) is 18.9 Å². The van der Waals surface area contributed by atoms with Crippen molar-refractivity contribution in [2.75, 3.05) is 25.1 Å². The fourth-order valence-corrected chi connectivity index (χ4v) is 3.30. The molecule has 1 saturated heterocycles. The maximum absolute atomic E-state index is 12.7. The molecule has 2 aromatic rings. The van der Waals surface area contributed by atoms with Gasteiger partial charge in [0, 0.05) is 12.6 Å². The van der Waals surface area contributed by atoms with Gasteiger partial charge in [0.05, 0.1) is 35.1 Å². The van der Waals surface area contributed by atoms with Gasteiger partial charge in [0.2, 0.25) is 0 Å². The fourth-order valence-electron chi connectivity index (χ4n) is 2.34. The van der Waals surface area contributed by atoms with E-state index in [1.807, 2.05) is 6.92 Å². The third-order valence-electron chi connectivity index (χ3n) is 3.55. The number of alkyl halides is 3. The number of halogens is 3. The number of fused-ring (bicyclic) bond motifs is 1. The van der Waals surface area contributed by atoms with Gasteiger partial charge in [0.25, 0.3) is 0 Å². The molecule has 1 N–H and O–H groups in total. The van der Waals surface area contributed by atoms with E-state index in [2.05, 4.69) is 10.3 Å². The highest BCUT2D eigenvalue weighted by Crippen LogP contribution is 2.34. The van der Waals surface area contributed by atoms with Crippen molar-refractivity contribution in [3.63, 3.8) is 0 Å². The Bertz CT molecular complexity index is 668. The lowest BCUT2D eigenvalue weighted by Gasteiger charge is -2.16. The van der Waals surface area contributed by atoms with Gasteiger partial charge in [-0.2, -0.15) is 13.2 Å². The standard InChI is InChI=1S/C15H17F3N2O2S/c1-9(7-22-11-4-5-21-8-11)19-14-20-12-6-10(15(16,17)18)2-3-13(12)23-14/h2-3,6,9,11H,4-5,7-8H2,1H3,(H,19,20)/t9-,11+/m0/s1. The molecule has 23 heavy (non-hydrogen) atoms. The summed E-state index contributed by atoms with van der Waals surface area (Å²) in [5.74, 6) is 0. The van der Waals surface area contributed by atoms with E-state index in [1.54, 1.807) is 0 Å². The molecule has 1 aliphatic rings. The number of anilines is 1. The van der Waals surface area contributed by atoms with E-state index < -0.39 is 11.7 Å². The van der Waals surface area contributed by atoms with Crippen molar-refractivity contribution in [1.82, 2.24) is 4.98 Å². The highest BCUT2D eigenvalue weighted by atomic mass is 32.1. The van der Waals surface area contributed by atoms with Gasteiger partial charge in [-0.1, -0.05) is 11.3 Å². The van der Waals surface area contributed by atoms with Crippen LogP contribution in [0, 0.1) is 0 Å². The van der Waals surface area contributed by atoms with Crippen LogP contribution in [-0.4, -0.2) is 37.0 Å². The van der Waals surface area contributed by atoms with Crippen molar-refractivity contribution in [3.8, 4) is 0 Å². The minimum Gasteiger partial charge on any atom is -0.379 e. The van der Waals surface area contributed by atoms with Crippen molar-refractivity contribution in [2.45, 2.75) is 31.7 Å². The molecule has 0 unspecified atom stereocenters. The van der Waals surface area contributed by atoms with E-state index in [-0.39, 0.29) is 12.1 Å². The molecule has 1 aliphatic heterocycles. The van der Waals surface area contributed by atoms with Gasteiger partial charge in [-0.3, -0.25) is 0 Å². The third kappa shape index (κ3) is 4.13. The molecule has 1 aromatic carbocycles. The first kappa shape index (κ1) is 16.5. The summed E-state index contributed by atoms with van der Waals surface area (Å²) < 4.78 is 49.8. The number of benzene rings is 1. The quantitative estimate of drug-likeness (QED) is 0.891. The molecule has 0 radical (unpaired) electrons. The molecule has 8 heteroatoms. The van der Waals surface area contributed by atoms with Crippen molar-refractivity contribution in [2.24, 2.45) is 0 Å². The summed E-state index contributed by atoms with van der Waals surface area (Å²) in [6.07, 6.45) is -3.33. The van der Waals surface area contributed by atoms with Crippen molar-refractivity contribution in [1.29, 1.82) is 0 Å². The second-order valence-corrected chi connectivity index (χ2v) is 6.59. The Labute approximate surface area is 135 Å². The van der Waals surface area contributed by atoms with Crippen LogP contribution in [0.2, 0.25) is 0 Å². The Morgan fingerprint density at radius 1 is 1.48 bits per heavy atom. The number of hydrogen-bond acceptors (Lipinski definition) is 5. The molecular formula is C15H17F3N2O2S. The predicted molar refractivity (Wildman–Crippen MR) is 82.9 cm³/mol. The molecule has 4 nitrogen and oxygen atoms in total. The topological polar surface area (TPSA) is 43.4 Å². The fraction of sp³-hybridized carbons (Fsp3) is 0.533. The van der Waals surface area contributed by atoms with Crippen LogP contribution < -0.4 is 5.32 Å². The van der Waals surface area contributed by atoms with Crippen LogP contribution in [0.25, 0.3) is 10.2 Å². The molecule has 0 spiro atoms. The van der Waals surface area contributed by atoms with E-state index in [9.17, 15) is 13.2 Å². The molecular weight excluding hydrogens is 329 g/mol. The molecule has 3 rings (SSSR count). The number of nitrogens with zero attached hydrogens (tertiary/aromatic N) is 1. The second kappa shape index (κ2) is 6.62. The number of rotatable bonds is 5. The maximum atomic E-state index is 12.7. The smallest absolute Gasteiger partial charge is 0.379 e. The lowest BCUT2D eigenvalue weighted by atomic mass is 10.2. The Kier molecular flexibility index (Phi) is 4.74. The summed E-state index contributed by atoms with van der Waals surface area (Å²) >= 11 is 1.33. The van der Waals surface area contributed by atoms with E-state index in [0.717, 1.165) is 29.9 Å². The summed E-state index contributed by atoms with van der Waals surface area (Å²) in [5.41, 5.74) is -0.330. The zero-order valence-corrected chi connectivity index (χ0v) is 13.3. The van der Waals surface area contributed by atoms with Crippen molar-refractivity contribution < 1.29 is 22.6 Å². The van der Waals surface area contributed by atoms with E-state index in [0.29, 0.717) is 23.9 Å². The van der Waals surface area contributed by atoms with Crippen LogP contribution >= 0.6 is 11.3 Å². The van der Waals surface area contributed by atoms with Gasteiger partial charge < -0.3 is 14.8 Å². The monoisotopic (exact) mass is 346 g/mol. The molecule has 0 amide bonds. The van der Waals surface area contributed by atoms with Gasteiger partial charge in [0.15, 0.2) is 5.13 Å². The lowest BCUT2D eigenvalue weighted by molar-refractivity contribution is -0.137. The number of hydrogen-bond donors (Lipinski definition) is 1. The Morgan fingerprint density at radius 2 is 2.30 bits per heavy atom. The Morgan fingerprint density at radius 3 is 3.00 bits per heavy atom. The summed E-state index contributed by atoms with van der Waals surface area (Å²) in [6, 6.07) is 3.63. The highest BCUT2D eigenvalue weighted by molar-refractivity contribution is 7.22. The molecule has 0 bridgehead atoms. The highest BCUT2D eigenvalue weighted by Gasteiger charge is 2.30. The number of aromatic nitrogens is 1. The zero-order valence-electron chi connectivity index (χ0n) is 12.5. The summed E-state index contributed by atoms with van der Waals surface area (Å²) in [6.45, 7) is 3.79. The Hall–Kier alpha value is -1.38. The molecule has 2 atom stereocenters. The molecule has 126 valence electrons. The average Bonchev–Trinajstić information content (AvgIpc) is 3.12. The van der Waals surface area contributed by atoms with E-state index in [1.165, 1.54) is 17.4 Å². The second-order valence-electron chi connectivity index (χ2n) is 5.56. The predicted octanol–water partition coefficient (Wildman–Crippen LogP) is 3.92. The van der Waals surface area contributed by atoms with E-state index >= 15 is 0 Å². The van der Waals surface area contributed by atoms with Gasteiger partial charge >= 0.3 is 6.18 Å². The van der Waals surface area contributed by atoms with E-state index in [4.69, 9.17) is 9.47 Å². The van der Waals surface area contributed by atoms with Crippen LogP contribution in [0.4, 0.5) is 18.3 Å². The summed E-state index contributed by atoms with van der Waals surface area (Å²) in [7, 11) is 0. The van der Waals surface area contributed by atoms with Gasteiger partial charge in [-0.15, -0.1) is 0 Å². The lowest BCUT2D eigenvalue weighted by Crippen LogP contribution is -2.25. The van der Waals surface area contributed by atoms with Crippen LogP contribution in [-0.2, 0) is 15.7 Å². The molecule has 0 aliphatic carbocycles. The van der Waals surface area contributed by atoms with Crippen molar-refractivity contribution >= 4 is 26.7 Å². The average molecular weight is 346 g/mol. The maximum Gasteiger partial charge on any atom is 0.416 e. The number of thiazole rings is 1. The number of ether oxygens (including phenoxy) is 2. The minimum absolute atomic E-state index is 0.0123. The molecule has 0 saturated carbocycles. The zero-order chi connectivity index (χ0) is 16.4. The molecule has 1 fully saturated rings.